The molecule has 124 valence electrons. The van der Waals surface area contributed by atoms with Gasteiger partial charge in [-0.2, -0.15) is 0 Å². The van der Waals surface area contributed by atoms with Crippen LogP contribution in [0.5, 0.6) is 5.75 Å². The number of ether oxygens (including phenoxy) is 1. The molecule has 22 heavy (non-hydrogen) atoms. The summed E-state index contributed by atoms with van der Waals surface area (Å²) in [6.07, 6.45) is 3.25. The molecule has 0 aromatic heterocycles. The predicted molar refractivity (Wildman–Crippen MR) is 91.8 cm³/mol. The molecule has 1 heterocycles. The SMILES string of the molecule is CCN1CCCCC1C(=O)Nc1ccc(OCCN)cc1.Cl. The molecule has 1 unspecified atom stereocenters. The van der Waals surface area contributed by atoms with Gasteiger partial charge in [0, 0.05) is 12.2 Å². The minimum atomic E-state index is -0.00285. The zero-order valence-corrected chi connectivity index (χ0v) is 13.9. The van der Waals surface area contributed by atoms with Crippen molar-refractivity contribution in [2.24, 2.45) is 5.73 Å². The third-order valence-electron chi connectivity index (χ3n) is 3.83. The van der Waals surface area contributed by atoms with Gasteiger partial charge >= 0.3 is 0 Å². The average Bonchev–Trinajstić information content (AvgIpc) is 2.54. The van der Waals surface area contributed by atoms with Gasteiger partial charge in [0.1, 0.15) is 12.4 Å². The third kappa shape index (κ3) is 5.16. The molecule has 1 aromatic rings. The van der Waals surface area contributed by atoms with E-state index in [0.29, 0.717) is 13.2 Å². The number of nitrogens with zero attached hydrogens (tertiary/aromatic N) is 1. The lowest BCUT2D eigenvalue weighted by molar-refractivity contribution is -0.122. The maximum Gasteiger partial charge on any atom is 0.241 e. The largest absolute Gasteiger partial charge is 0.492 e. The Morgan fingerprint density at radius 2 is 2.09 bits per heavy atom. The zero-order chi connectivity index (χ0) is 15.1. The van der Waals surface area contributed by atoms with Crippen LogP contribution in [0.15, 0.2) is 24.3 Å². The van der Waals surface area contributed by atoms with Gasteiger partial charge in [-0.25, -0.2) is 0 Å². The van der Waals surface area contributed by atoms with Crippen LogP contribution in [-0.4, -0.2) is 43.1 Å². The molecule has 1 aliphatic heterocycles. The number of halogens is 1. The molecule has 0 spiro atoms. The van der Waals surface area contributed by atoms with Gasteiger partial charge in [0.15, 0.2) is 0 Å². The first-order chi connectivity index (χ1) is 10.2. The number of anilines is 1. The molecule has 1 aromatic carbocycles. The van der Waals surface area contributed by atoms with Gasteiger partial charge < -0.3 is 15.8 Å². The van der Waals surface area contributed by atoms with Gasteiger partial charge in [-0.3, -0.25) is 9.69 Å². The monoisotopic (exact) mass is 327 g/mol. The molecule has 1 amide bonds. The van der Waals surface area contributed by atoms with E-state index in [4.69, 9.17) is 10.5 Å². The van der Waals surface area contributed by atoms with Gasteiger partial charge in [-0.05, 0) is 50.2 Å². The Bertz CT molecular complexity index is 453. The lowest BCUT2D eigenvalue weighted by Gasteiger charge is -2.33. The van der Waals surface area contributed by atoms with E-state index < -0.39 is 0 Å². The first kappa shape index (κ1) is 18.7. The number of amides is 1. The number of nitrogens with one attached hydrogen (secondary N) is 1. The van der Waals surface area contributed by atoms with Crippen LogP contribution in [0.2, 0.25) is 0 Å². The van der Waals surface area contributed by atoms with E-state index >= 15 is 0 Å². The van der Waals surface area contributed by atoms with Crippen molar-refractivity contribution in [2.75, 3.05) is 31.6 Å². The average molecular weight is 328 g/mol. The number of carbonyl (C=O) groups is 1. The molecule has 3 N–H and O–H groups in total. The number of piperidine rings is 1. The summed E-state index contributed by atoms with van der Waals surface area (Å²) >= 11 is 0. The minimum absolute atomic E-state index is 0. The van der Waals surface area contributed by atoms with Crippen LogP contribution in [0.4, 0.5) is 5.69 Å². The van der Waals surface area contributed by atoms with E-state index in [1.165, 1.54) is 6.42 Å². The van der Waals surface area contributed by atoms with Gasteiger partial charge in [-0.15, -0.1) is 12.4 Å². The Morgan fingerprint density at radius 3 is 2.73 bits per heavy atom. The van der Waals surface area contributed by atoms with Crippen molar-refractivity contribution in [3.63, 3.8) is 0 Å². The molecule has 0 radical (unpaired) electrons. The highest BCUT2D eigenvalue weighted by molar-refractivity contribution is 5.94. The lowest BCUT2D eigenvalue weighted by atomic mass is 10.0. The highest BCUT2D eigenvalue weighted by Crippen LogP contribution is 2.20. The molecule has 5 nitrogen and oxygen atoms in total. The summed E-state index contributed by atoms with van der Waals surface area (Å²) in [6, 6.07) is 7.43. The molecule has 0 bridgehead atoms. The van der Waals surface area contributed by atoms with E-state index in [2.05, 4.69) is 17.1 Å². The number of nitrogens with two attached hydrogens (primary N) is 1. The molecule has 0 aliphatic carbocycles. The Labute approximate surface area is 138 Å². The van der Waals surface area contributed by atoms with Gasteiger partial charge in [0.2, 0.25) is 5.91 Å². The van der Waals surface area contributed by atoms with Crippen molar-refractivity contribution in [2.45, 2.75) is 32.2 Å². The first-order valence-corrected chi connectivity index (χ1v) is 7.72. The van der Waals surface area contributed by atoms with E-state index in [9.17, 15) is 4.79 Å². The Balaban J connectivity index is 0.00000242. The molecule has 1 aliphatic rings. The molecule has 0 saturated carbocycles. The second-order valence-corrected chi connectivity index (χ2v) is 5.29. The summed E-state index contributed by atoms with van der Waals surface area (Å²) in [5.74, 6) is 0.860. The van der Waals surface area contributed by atoms with E-state index in [0.717, 1.165) is 37.4 Å². The second-order valence-electron chi connectivity index (χ2n) is 5.29. The van der Waals surface area contributed by atoms with Crippen LogP contribution < -0.4 is 15.8 Å². The summed E-state index contributed by atoms with van der Waals surface area (Å²) in [5, 5.41) is 3.00. The topological polar surface area (TPSA) is 67.6 Å². The minimum Gasteiger partial charge on any atom is -0.492 e. The van der Waals surface area contributed by atoms with E-state index in [1.807, 2.05) is 24.3 Å². The fourth-order valence-electron chi connectivity index (χ4n) is 2.70. The molecule has 2 rings (SSSR count). The third-order valence-corrected chi connectivity index (χ3v) is 3.83. The number of benzene rings is 1. The van der Waals surface area contributed by atoms with Crippen LogP contribution in [0.3, 0.4) is 0 Å². The van der Waals surface area contributed by atoms with Crippen LogP contribution >= 0.6 is 12.4 Å². The summed E-state index contributed by atoms with van der Waals surface area (Å²) in [7, 11) is 0. The Kier molecular flexibility index (Phi) is 8.24. The molecule has 6 heteroatoms. The van der Waals surface area contributed by atoms with Crippen molar-refractivity contribution >= 4 is 24.0 Å². The highest BCUT2D eigenvalue weighted by atomic mass is 35.5. The maximum absolute atomic E-state index is 12.4. The molecule has 1 fully saturated rings. The van der Waals surface area contributed by atoms with Crippen molar-refractivity contribution in [3.8, 4) is 5.75 Å². The second kappa shape index (κ2) is 9.66. The Morgan fingerprint density at radius 1 is 1.36 bits per heavy atom. The normalized spacial score (nSPS) is 18.4. The number of rotatable bonds is 6. The van der Waals surface area contributed by atoms with E-state index in [1.54, 1.807) is 0 Å². The number of carbonyl (C=O) groups excluding carboxylic acids is 1. The Hall–Kier alpha value is -1.30. The standard InChI is InChI=1S/C16H25N3O2.ClH/c1-2-19-11-4-3-5-15(19)16(20)18-13-6-8-14(9-7-13)21-12-10-17;/h6-9,15H,2-5,10-12,17H2,1H3,(H,18,20);1H. The number of likely N-dealkylation sites (tertiary alicyclic amines) is 1. The summed E-state index contributed by atoms with van der Waals surface area (Å²) in [6.45, 7) is 5.03. The molecule has 1 saturated heterocycles. The fourth-order valence-corrected chi connectivity index (χ4v) is 2.70. The van der Waals surface area contributed by atoms with Gasteiger partial charge in [0.05, 0.1) is 6.04 Å². The smallest absolute Gasteiger partial charge is 0.241 e. The number of likely N-dealkylation sites (N-methyl/N-ethyl adjacent to an activating group) is 1. The van der Waals surface area contributed by atoms with Gasteiger partial charge in [-0.1, -0.05) is 13.3 Å². The summed E-state index contributed by atoms with van der Waals surface area (Å²) in [4.78, 5) is 14.6. The molecule has 1 atom stereocenters. The van der Waals surface area contributed by atoms with E-state index in [-0.39, 0.29) is 24.4 Å². The zero-order valence-electron chi connectivity index (χ0n) is 13.1. The van der Waals surface area contributed by atoms with Gasteiger partial charge in [0.25, 0.3) is 0 Å². The van der Waals surface area contributed by atoms with Crippen LogP contribution in [0.25, 0.3) is 0 Å². The summed E-state index contributed by atoms with van der Waals surface area (Å²) in [5.41, 5.74) is 6.20. The van der Waals surface area contributed by atoms with Crippen LogP contribution in [-0.2, 0) is 4.79 Å². The number of hydrogen-bond donors (Lipinski definition) is 2. The lowest BCUT2D eigenvalue weighted by Crippen LogP contribution is -2.46. The van der Waals surface area contributed by atoms with Crippen molar-refractivity contribution in [1.29, 1.82) is 0 Å². The predicted octanol–water partition coefficient (Wildman–Crippen LogP) is 2.26. The van der Waals surface area contributed by atoms with Crippen LogP contribution in [0.1, 0.15) is 26.2 Å². The molecular formula is C16H26ClN3O2. The van der Waals surface area contributed by atoms with Crippen molar-refractivity contribution < 1.29 is 9.53 Å². The molecular weight excluding hydrogens is 302 g/mol. The fraction of sp³-hybridized carbons (Fsp3) is 0.562. The highest BCUT2D eigenvalue weighted by Gasteiger charge is 2.27. The first-order valence-electron chi connectivity index (χ1n) is 7.72. The van der Waals surface area contributed by atoms with Crippen molar-refractivity contribution in [1.82, 2.24) is 4.90 Å². The maximum atomic E-state index is 12.4. The van der Waals surface area contributed by atoms with Crippen LogP contribution in [0, 0.1) is 0 Å². The number of hydrogen-bond acceptors (Lipinski definition) is 4. The van der Waals surface area contributed by atoms with Crippen molar-refractivity contribution in [3.05, 3.63) is 24.3 Å². The summed E-state index contributed by atoms with van der Waals surface area (Å²) < 4.78 is 5.42. The quantitative estimate of drug-likeness (QED) is 0.841.